The summed E-state index contributed by atoms with van der Waals surface area (Å²) in [6.45, 7) is 0. The van der Waals surface area contributed by atoms with Gasteiger partial charge in [0.2, 0.25) is 0 Å². The topological polar surface area (TPSA) is 0 Å². The first-order valence-corrected chi connectivity index (χ1v) is 12.6. The standard InChI is InChI=1S/C31H38/c1-3-10-18-26(19-11-4-1)29-24-16-9-17-25-30(27-20-12-7-8-13-21-27)31(29)28-22-14-5-2-6-15-23-28/h3,7-8,10,12-13,17-18,20,22,24-25H,1-2,4-6,9,11,14-16,19,21,23H2. The predicted octanol–water partition coefficient (Wildman–Crippen LogP) is 9.34. The zero-order valence-electron chi connectivity index (χ0n) is 19.1. The van der Waals surface area contributed by atoms with Crippen LogP contribution < -0.4 is 0 Å². The summed E-state index contributed by atoms with van der Waals surface area (Å²) in [5.41, 5.74) is 9.11. The van der Waals surface area contributed by atoms with Crippen molar-refractivity contribution >= 4 is 0 Å². The van der Waals surface area contributed by atoms with Crippen LogP contribution in [-0.4, -0.2) is 0 Å². The monoisotopic (exact) mass is 410 g/mol. The molecule has 4 aliphatic rings. The van der Waals surface area contributed by atoms with Crippen molar-refractivity contribution in [2.45, 2.75) is 83.5 Å². The summed E-state index contributed by atoms with van der Waals surface area (Å²) in [6, 6.07) is 0. The Balaban J connectivity index is 1.89. The van der Waals surface area contributed by atoms with Gasteiger partial charge in [-0.15, -0.1) is 0 Å². The van der Waals surface area contributed by atoms with Gasteiger partial charge in [-0.3, -0.25) is 0 Å². The first-order valence-electron chi connectivity index (χ1n) is 12.6. The van der Waals surface area contributed by atoms with E-state index in [-0.39, 0.29) is 0 Å². The lowest BCUT2D eigenvalue weighted by Gasteiger charge is -2.25. The Bertz CT molecular complexity index is 902. The van der Waals surface area contributed by atoms with E-state index in [1.54, 1.807) is 11.1 Å². The van der Waals surface area contributed by atoms with Gasteiger partial charge in [0.1, 0.15) is 0 Å². The van der Waals surface area contributed by atoms with Crippen molar-refractivity contribution in [3.8, 4) is 0 Å². The molecular weight excluding hydrogens is 372 g/mol. The highest BCUT2D eigenvalue weighted by Crippen LogP contribution is 2.40. The van der Waals surface area contributed by atoms with Crippen molar-refractivity contribution in [3.63, 3.8) is 0 Å². The Hall–Kier alpha value is -2.34. The fourth-order valence-corrected chi connectivity index (χ4v) is 5.12. The molecule has 0 fully saturated rings. The molecule has 31 heavy (non-hydrogen) atoms. The molecule has 0 atom stereocenters. The second kappa shape index (κ2) is 11.9. The zero-order chi connectivity index (χ0) is 21.1. The molecule has 4 rings (SSSR count). The lowest BCUT2D eigenvalue weighted by atomic mass is 9.79. The van der Waals surface area contributed by atoms with Crippen LogP contribution in [-0.2, 0) is 0 Å². The lowest BCUT2D eigenvalue weighted by molar-refractivity contribution is 0.627. The molecule has 0 aromatic heterocycles. The van der Waals surface area contributed by atoms with Gasteiger partial charge >= 0.3 is 0 Å². The molecule has 0 amide bonds. The van der Waals surface area contributed by atoms with Crippen LogP contribution in [0.1, 0.15) is 83.5 Å². The number of hydrogen-bond acceptors (Lipinski definition) is 0. The van der Waals surface area contributed by atoms with Crippen molar-refractivity contribution < 1.29 is 0 Å². The fourth-order valence-electron chi connectivity index (χ4n) is 5.12. The summed E-state index contributed by atoms with van der Waals surface area (Å²) in [5.74, 6) is 0. The first-order chi connectivity index (χ1) is 15.4. The van der Waals surface area contributed by atoms with E-state index in [1.807, 2.05) is 0 Å². The highest BCUT2D eigenvalue weighted by molar-refractivity contribution is 5.65. The maximum absolute atomic E-state index is 2.58. The fraction of sp³-hybridized carbons (Fsp3) is 0.419. The van der Waals surface area contributed by atoms with Gasteiger partial charge in [-0.25, -0.2) is 0 Å². The summed E-state index contributed by atoms with van der Waals surface area (Å²) >= 11 is 0. The van der Waals surface area contributed by atoms with Gasteiger partial charge in [-0.1, -0.05) is 85.8 Å². The maximum Gasteiger partial charge on any atom is -0.00802 e. The average Bonchev–Trinajstić information content (AvgIpc) is 2.99. The normalized spacial score (nSPS) is 23.2. The molecule has 0 nitrogen and oxygen atoms in total. The minimum absolute atomic E-state index is 1.01. The van der Waals surface area contributed by atoms with E-state index < -0.39 is 0 Å². The third-order valence-electron chi connectivity index (χ3n) is 6.80. The van der Waals surface area contributed by atoms with Crippen molar-refractivity contribution in [2.75, 3.05) is 0 Å². The van der Waals surface area contributed by atoms with Crippen molar-refractivity contribution in [2.24, 2.45) is 0 Å². The molecule has 0 N–H and O–H groups in total. The molecule has 162 valence electrons. The largest absolute Gasteiger partial charge is 0.0845 e. The third-order valence-corrected chi connectivity index (χ3v) is 6.80. The van der Waals surface area contributed by atoms with Crippen LogP contribution >= 0.6 is 0 Å². The van der Waals surface area contributed by atoms with Crippen LogP contribution in [0.5, 0.6) is 0 Å². The number of hydrogen-bond donors (Lipinski definition) is 0. The van der Waals surface area contributed by atoms with E-state index in [4.69, 9.17) is 0 Å². The molecule has 0 radical (unpaired) electrons. The van der Waals surface area contributed by atoms with Gasteiger partial charge < -0.3 is 0 Å². The Kier molecular flexibility index (Phi) is 8.39. The quantitative estimate of drug-likeness (QED) is 0.435. The van der Waals surface area contributed by atoms with Crippen molar-refractivity contribution in [3.05, 3.63) is 106 Å². The molecular formula is C31H38. The highest BCUT2D eigenvalue weighted by Gasteiger charge is 2.21. The van der Waals surface area contributed by atoms with E-state index in [1.165, 1.54) is 86.5 Å². The minimum Gasteiger partial charge on any atom is -0.0845 e. The van der Waals surface area contributed by atoms with Crippen LogP contribution in [0.15, 0.2) is 106 Å². The summed E-state index contributed by atoms with van der Waals surface area (Å²) < 4.78 is 0. The summed E-state index contributed by atoms with van der Waals surface area (Å²) in [6.07, 6.45) is 44.4. The van der Waals surface area contributed by atoms with E-state index in [0.717, 1.165) is 19.3 Å². The molecule has 0 saturated carbocycles. The zero-order valence-corrected chi connectivity index (χ0v) is 19.1. The Labute approximate surface area is 189 Å². The molecule has 0 spiro atoms. The van der Waals surface area contributed by atoms with Gasteiger partial charge in [-0.05, 0) is 104 Å². The Morgan fingerprint density at radius 2 is 1.35 bits per heavy atom. The SMILES string of the molecule is C1=CC=C(C2=C(C3=CCCCCCC3)C(C3=CC=CCCCC3)=CCCC=C2)CC=C1. The van der Waals surface area contributed by atoms with Gasteiger partial charge in [0.25, 0.3) is 0 Å². The average molecular weight is 411 g/mol. The smallest absolute Gasteiger partial charge is 0.00802 e. The van der Waals surface area contributed by atoms with Crippen LogP contribution in [0, 0.1) is 0 Å². The van der Waals surface area contributed by atoms with Crippen molar-refractivity contribution in [1.82, 2.24) is 0 Å². The molecule has 0 aromatic rings. The predicted molar refractivity (Wildman–Crippen MR) is 136 cm³/mol. The number of rotatable bonds is 3. The molecule has 0 unspecified atom stereocenters. The first kappa shape index (κ1) is 21.9. The van der Waals surface area contributed by atoms with E-state index in [0.29, 0.717) is 0 Å². The highest BCUT2D eigenvalue weighted by atomic mass is 14.3. The van der Waals surface area contributed by atoms with Gasteiger partial charge in [0.15, 0.2) is 0 Å². The molecule has 0 aliphatic heterocycles. The third kappa shape index (κ3) is 6.10. The second-order valence-electron chi connectivity index (χ2n) is 9.14. The van der Waals surface area contributed by atoms with Crippen LogP contribution in [0.3, 0.4) is 0 Å². The molecule has 0 aromatic carbocycles. The summed E-state index contributed by atoms with van der Waals surface area (Å²) in [5, 5.41) is 0. The molecule has 0 bridgehead atoms. The molecule has 0 heteroatoms. The van der Waals surface area contributed by atoms with Gasteiger partial charge in [0, 0.05) is 0 Å². The minimum atomic E-state index is 1.01. The molecule has 4 aliphatic carbocycles. The second-order valence-corrected chi connectivity index (χ2v) is 9.14. The van der Waals surface area contributed by atoms with Crippen LogP contribution in [0.25, 0.3) is 0 Å². The Morgan fingerprint density at radius 3 is 2.35 bits per heavy atom. The van der Waals surface area contributed by atoms with Crippen LogP contribution in [0.4, 0.5) is 0 Å². The van der Waals surface area contributed by atoms with Gasteiger partial charge in [0.05, 0.1) is 0 Å². The van der Waals surface area contributed by atoms with E-state index >= 15 is 0 Å². The number of allylic oxidation sites excluding steroid dienone is 18. The molecule has 0 saturated heterocycles. The molecule has 0 heterocycles. The van der Waals surface area contributed by atoms with Crippen molar-refractivity contribution in [1.29, 1.82) is 0 Å². The summed E-state index contributed by atoms with van der Waals surface area (Å²) in [4.78, 5) is 0. The maximum atomic E-state index is 2.58. The summed E-state index contributed by atoms with van der Waals surface area (Å²) in [7, 11) is 0. The van der Waals surface area contributed by atoms with Crippen LogP contribution in [0.2, 0.25) is 0 Å². The lowest BCUT2D eigenvalue weighted by Crippen LogP contribution is -2.07. The van der Waals surface area contributed by atoms with E-state index in [2.05, 4.69) is 72.9 Å². The van der Waals surface area contributed by atoms with Gasteiger partial charge in [-0.2, -0.15) is 0 Å². The van der Waals surface area contributed by atoms with E-state index in [9.17, 15) is 0 Å². The Morgan fingerprint density at radius 1 is 0.516 bits per heavy atom.